The average molecular weight is 499 g/mol. The maximum atomic E-state index is 13.6. The first kappa shape index (κ1) is 23.5. The lowest BCUT2D eigenvalue weighted by atomic mass is 9.55. The lowest BCUT2D eigenvalue weighted by molar-refractivity contribution is -0.384. The SMILES string of the molecule is O=C1[C@H]2[C@H](CC(CO)=C3B(O)O[C@H](c4ccc(O)cc4Cl)C[C@H]32)C(=O)N1c1cccc([N+](=O)[O-])c1. The number of nitro groups is 1. The van der Waals surface area contributed by atoms with Gasteiger partial charge >= 0.3 is 7.12 Å². The number of imide groups is 1. The minimum atomic E-state index is -1.43. The molecule has 0 saturated carbocycles. The van der Waals surface area contributed by atoms with Crippen molar-refractivity contribution in [3.05, 3.63) is 74.2 Å². The maximum absolute atomic E-state index is 13.6. The van der Waals surface area contributed by atoms with Crippen LogP contribution in [0.15, 0.2) is 53.5 Å². The van der Waals surface area contributed by atoms with Crippen molar-refractivity contribution in [2.45, 2.75) is 18.9 Å². The molecule has 0 aromatic heterocycles. The molecule has 2 saturated heterocycles. The summed E-state index contributed by atoms with van der Waals surface area (Å²) in [7, 11) is -1.43. The van der Waals surface area contributed by atoms with Crippen LogP contribution in [0.2, 0.25) is 5.02 Å². The highest BCUT2D eigenvalue weighted by atomic mass is 35.5. The number of aromatic hydroxyl groups is 1. The van der Waals surface area contributed by atoms with Crippen molar-refractivity contribution >= 4 is 41.9 Å². The van der Waals surface area contributed by atoms with E-state index in [1.807, 2.05) is 0 Å². The third-order valence-electron chi connectivity index (χ3n) is 7.03. The molecule has 0 spiro atoms. The number of benzene rings is 2. The number of phenols is 1. The van der Waals surface area contributed by atoms with Gasteiger partial charge in [-0.05, 0) is 53.6 Å². The van der Waals surface area contributed by atoms with Crippen LogP contribution < -0.4 is 4.90 Å². The van der Waals surface area contributed by atoms with Crippen LogP contribution in [0.25, 0.3) is 0 Å². The third-order valence-corrected chi connectivity index (χ3v) is 7.36. The van der Waals surface area contributed by atoms with Crippen LogP contribution in [-0.2, 0) is 14.2 Å². The molecule has 1 aliphatic carbocycles. The van der Waals surface area contributed by atoms with Gasteiger partial charge in [-0.25, -0.2) is 4.90 Å². The van der Waals surface area contributed by atoms with Crippen molar-refractivity contribution in [3.63, 3.8) is 0 Å². The van der Waals surface area contributed by atoms with Gasteiger partial charge in [-0.2, -0.15) is 0 Å². The number of allylic oxidation sites excluding steroid dienone is 1. The molecule has 10 nitrogen and oxygen atoms in total. The summed E-state index contributed by atoms with van der Waals surface area (Å²) in [5.74, 6) is -3.34. The Morgan fingerprint density at radius 2 is 1.94 bits per heavy atom. The molecule has 2 amide bonds. The summed E-state index contributed by atoms with van der Waals surface area (Å²) in [6.07, 6.45) is -0.475. The molecule has 0 bridgehead atoms. The largest absolute Gasteiger partial charge is 0.508 e. The molecule has 0 unspecified atom stereocenters. The van der Waals surface area contributed by atoms with Crippen molar-refractivity contribution in [3.8, 4) is 5.75 Å². The van der Waals surface area contributed by atoms with Crippen LogP contribution in [0.1, 0.15) is 24.5 Å². The number of hydrogen-bond acceptors (Lipinski definition) is 8. The summed E-state index contributed by atoms with van der Waals surface area (Å²) >= 11 is 6.29. The molecule has 2 heterocycles. The Hall–Kier alpha value is -3.25. The highest BCUT2D eigenvalue weighted by Crippen LogP contribution is 2.52. The number of aliphatic hydroxyl groups is 1. The van der Waals surface area contributed by atoms with E-state index in [4.69, 9.17) is 16.3 Å². The summed E-state index contributed by atoms with van der Waals surface area (Å²) in [5.41, 5.74) is 1.16. The molecule has 3 aliphatic rings. The summed E-state index contributed by atoms with van der Waals surface area (Å²) in [4.78, 5) is 38.6. The van der Waals surface area contributed by atoms with Gasteiger partial charge in [0.15, 0.2) is 0 Å². The molecule has 4 atom stereocenters. The van der Waals surface area contributed by atoms with Crippen molar-refractivity contribution in [1.29, 1.82) is 0 Å². The van der Waals surface area contributed by atoms with Crippen molar-refractivity contribution < 1.29 is 34.4 Å². The minimum absolute atomic E-state index is 0.0415. The first-order valence-electron chi connectivity index (χ1n) is 11.0. The number of nitro benzene ring substituents is 1. The molecular formula is C23H20BClN2O8. The number of rotatable bonds is 4. The van der Waals surface area contributed by atoms with Crippen LogP contribution in [0, 0.1) is 27.9 Å². The Labute approximate surface area is 204 Å². The summed E-state index contributed by atoms with van der Waals surface area (Å²) < 4.78 is 5.79. The second-order valence-electron chi connectivity index (χ2n) is 8.87. The minimum Gasteiger partial charge on any atom is -0.508 e. The molecule has 35 heavy (non-hydrogen) atoms. The van der Waals surface area contributed by atoms with Gasteiger partial charge in [0.1, 0.15) is 5.75 Å². The number of halogens is 1. The van der Waals surface area contributed by atoms with Gasteiger partial charge in [-0.1, -0.05) is 23.7 Å². The molecule has 180 valence electrons. The monoisotopic (exact) mass is 498 g/mol. The van der Waals surface area contributed by atoms with Gasteiger partial charge in [0, 0.05) is 17.2 Å². The highest BCUT2D eigenvalue weighted by Gasteiger charge is 2.58. The maximum Gasteiger partial charge on any atom is 0.487 e. The van der Waals surface area contributed by atoms with Crippen molar-refractivity contribution in [1.82, 2.24) is 0 Å². The molecule has 2 aromatic rings. The normalized spacial score (nSPS) is 26.1. The number of anilines is 1. The van der Waals surface area contributed by atoms with Crippen molar-refractivity contribution in [2.24, 2.45) is 17.8 Å². The quantitative estimate of drug-likeness (QED) is 0.252. The number of non-ortho nitro benzene ring substituents is 1. The van der Waals surface area contributed by atoms with Gasteiger partial charge in [-0.3, -0.25) is 19.7 Å². The first-order chi connectivity index (χ1) is 16.7. The number of hydrogen-bond donors (Lipinski definition) is 3. The smallest absolute Gasteiger partial charge is 0.487 e. The Morgan fingerprint density at radius 1 is 1.17 bits per heavy atom. The van der Waals surface area contributed by atoms with Gasteiger partial charge in [0.2, 0.25) is 11.8 Å². The zero-order valence-corrected chi connectivity index (χ0v) is 19.0. The van der Waals surface area contributed by atoms with Crippen LogP contribution in [0.4, 0.5) is 11.4 Å². The Kier molecular flexibility index (Phi) is 5.88. The topological polar surface area (TPSA) is 150 Å². The lowest BCUT2D eigenvalue weighted by Gasteiger charge is -2.42. The lowest BCUT2D eigenvalue weighted by Crippen LogP contribution is -2.45. The molecule has 3 N–H and O–H groups in total. The van der Waals surface area contributed by atoms with Crippen LogP contribution in [-0.4, -0.2) is 45.7 Å². The van der Waals surface area contributed by atoms with E-state index in [1.54, 1.807) is 6.07 Å². The van der Waals surface area contributed by atoms with E-state index in [2.05, 4.69) is 0 Å². The Bertz CT molecular complexity index is 1280. The van der Waals surface area contributed by atoms with E-state index in [1.165, 1.54) is 36.4 Å². The van der Waals surface area contributed by atoms with Gasteiger partial charge in [0.05, 0.1) is 35.2 Å². The predicted octanol–water partition coefficient (Wildman–Crippen LogP) is 2.55. The van der Waals surface area contributed by atoms with E-state index < -0.39 is 54.3 Å². The molecule has 2 aliphatic heterocycles. The molecule has 2 aromatic carbocycles. The van der Waals surface area contributed by atoms with E-state index in [-0.39, 0.29) is 35.0 Å². The average Bonchev–Trinajstić information content (AvgIpc) is 3.08. The number of aliphatic hydroxyl groups excluding tert-OH is 1. The number of phenolic OH excluding ortho intramolecular Hbond substituents is 1. The van der Waals surface area contributed by atoms with Crippen LogP contribution >= 0.6 is 11.6 Å². The summed E-state index contributed by atoms with van der Waals surface area (Å²) in [6, 6.07) is 9.64. The number of carbonyl (C=O) groups excluding carboxylic acids is 2. The zero-order valence-electron chi connectivity index (χ0n) is 18.2. The Morgan fingerprint density at radius 3 is 2.63 bits per heavy atom. The van der Waals surface area contributed by atoms with Gasteiger partial charge in [0.25, 0.3) is 5.69 Å². The van der Waals surface area contributed by atoms with Crippen molar-refractivity contribution in [2.75, 3.05) is 11.5 Å². The number of fused-ring (bicyclic) bond motifs is 3. The second-order valence-corrected chi connectivity index (χ2v) is 9.27. The highest BCUT2D eigenvalue weighted by molar-refractivity contribution is 6.53. The Balaban J connectivity index is 1.54. The van der Waals surface area contributed by atoms with Gasteiger partial charge in [-0.15, -0.1) is 0 Å². The van der Waals surface area contributed by atoms with E-state index in [0.29, 0.717) is 16.6 Å². The molecular weight excluding hydrogens is 479 g/mol. The fourth-order valence-corrected chi connectivity index (χ4v) is 5.83. The standard InChI is InChI=1S/C23H20BClN2O8/c25-18-8-14(29)4-5-15(18)19-9-16-20-17(6-11(10-28)21(16)24(32)35-19)22(30)26(23(20)31)12-2-1-3-13(7-12)27(33)34/h1-5,7-8,16-17,19-20,28-29,32H,6,9-10H2/t16-,17-,19-,20+/m0/s1. The summed E-state index contributed by atoms with van der Waals surface area (Å²) in [5, 5.41) is 42.0. The van der Waals surface area contributed by atoms with Crippen LogP contribution in [0.3, 0.4) is 0 Å². The van der Waals surface area contributed by atoms with Gasteiger partial charge < -0.3 is 19.9 Å². The first-order valence-corrected chi connectivity index (χ1v) is 11.4. The fraction of sp³-hybridized carbons (Fsp3) is 0.304. The fourth-order valence-electron chi connectivity index (χ4n) is 5.53. The number of nitrogens with zero attached hydrogens (tertiary/aromatic N) is 2. The molecule has 12 heteroatoms. The van der Waals surface area contributed by atoms with E-state index in [0.717, 1.165) is 4.90 Å². The zero-order chi connectivity index (χ0) is 25.0. The predicted molar refractivity (Wildman–Crippen MR) is 124 cm³/mol. The van der Waals surface area contributed by atoms with E-state index in [9.17, 15) is 34.9 Å². The number of amides is 2. The number of carbonyl (C=O) groups is 2. The van der Waals surface area contributed by atoms with E-state index >= 15 is 0 Å². The molecule has 0 radical (unpaired) electrons. The molecule has 5 rings (SSSR count). The summed E-state index contributed by atoms with van der Waals surface area (Å²) in [6.45, 7) is -0.418. The second kappa shape index (κ2) is 8.76. The van der Waals surface area contributed by atoms with Crippen LogP contribution in [0.5, 0.6) is 5.75 Å². The molecule has 2 fully saturated rings. The third kappa shape index (κ3) is 3.80.